The molecule has 0 unspecified atom stereocenters. The van der Waals surface area contributed by atoms with E-state index in [0.29, 0.717) is 19.8 Å². The van der Waals surface area contributed by atoms with Gasteiger partial charge in [-0.25, -0.2) is 0 Å². The molecule has 10 heteroatoms. The zero-order valence-electron chi connectivity index (χ0n) is 26.7. The van der Waals surface area contributed by atoms with Gasteiger partial charge < -0.3 is 30.0 Å². The normalized spacial score (nSPS) is 14.7. The molecule has 1 amide bonds. The molecule has 0 bridgehead atoms. The summed E-state index contributed by atoms with van der Waals surface area (Å²) in [5.41, 5.74) is 12.1. The van der Waals surface area contributed by atoms with E-state index in [4.69, 9.17) is 14.2 Å². The van der Waals surface area contributed by atoms with Crippen LogP contribution >= 0.6 is 0 Å². The predicted molar refractivity (Wildman–Crippen MR) is 171 cm³/mol. The van der Waals surface area contributed by atoms with Crippen LogP contribution in [0.15, 0.2) is 53.6 Å². The molecule has 0 aliphatic heterocycles. The molecule has 0 fully saturated rings. The second-order valence-electron chi connectivity index (χ2n) is 11.5. The number of aryl methyl sites for hydroxylation is 1. The lowest BCUT2D eigenvalue weighted by Crippen LogP contribution is -2.48. The number of ether oxygens (including phenoxy) is 3. The smallest absolute Gasteiger partial charge is 0.223 e. The van der Waals surface area contributed by atoms with Crippen LogP contribution in [-0.4, -0.2) is 62.7 Å². The third kappa shape index (κ3) is 12.8. The lowest BCUT2D eigenvalue weighted by Gasteiger charge is -2.30. The number of azide groups is 1. The van der Waals surface area contributed by atoms with Crippen LogP contribution < -0.4 is 15.4 Å². The number of hydrogen-bond acceptors (Lipinski definition) is 7. The number of aliphatic hydroxyl groups excluding tert-OH is 1. The van der Waals surface area contributed by atoms with Crippen molar-refractivity contribution in [2.45, 2.75) is 78.7 Å². The highest BCUT2D eigenvalue weighted by Gasteiger charge is 2.31. The topological polar surface area (TPSA) is 138 Å². The fraction of sp³-hybridized carbons (Fsp3) is 0.606. The summed E-state index contributed by atoms with van der Waals surface area (Å²) in [6.45, 7) is 12.2. The van der Waals surface area contributed by atoms with Crippen molar-refractivity contribution in [2.75, 3.05) is 38.8 Å². The van der Waals surface area contributed by atoms with Gasteiger partial charge in [0.05, 0.1) is 32.0 Å². The first-order chi connectivity index (χ1) is 20.7. The second-order valence-corrected chi connectivity index (χ2v) is 11.5. The Balaban J connectivity index is 1.99. The van der Waals surface area contributed by atoms with E-state index in [9.17, 15) is 15.4 Å². The Labute approximate surface area is 257 Å². The molecule has 0 saturated carbocycles. The van der Waals surface area contributed by atoms with Crippen LogP contribution in [0.1, 0.15) is 58.1 Å². The molecular formula is C33H51N5O5. The van der Waals surface area contributed by atoms with Gasteiger partial charge in [-0.1, -0.05) is 69.6 Å². The van der Waals surface area contributed by atoms with Gasteiger partial charge in [-0.2, -0.15) is 0 Å². The van der Waals surface area contributed by atoms with E-state index in [0.717, 1.165) is 35.4 Å². The zero-order chi connectivity index (χ0) is 31.6. The Morgan fingerprint density at radius 1 is 1.12 bits per heavy atom. The van der Waals surface area contributed by atoms with Gasteiger partial charge in [0, 0.05) is 49.2 Å². The highest BCUT2D eigenvalue weighted by molar-refractivity contribution is 5.79. The summed E-state index contributed by atoms with van der Waals surface area (Å²) >= 11 is 0. The molecule has 0 saturated heterocycles. The molecular weight excluding hydrogens is 546 g/mol. The molecule has 238 valence electrons. The standard InChI is InChI=1S/C33H51N5O5/c1-7-24(4)29(20-35-27-12-9-8-10-13-27)36-33(40)28(23(2)3)19-31(39)30(37-38-34)22-42-21-26-15-14-25(5)32(18-26)43-17-11-16-41-6/h8-10,12-15,18,23-24,28-31,35,39H,7,11,16-17,19-22H2,1-6H3,(H,36,40)/t24-,28-,29+,30-,31-/m0/s1. The number of benzene rings is 2. The van der Waals surface area contributed by atoms with E-state index in [2.05, 4.69) is 34.5 Å². The quantitative estimate of drug-likeness (QED) is 0.0671. The fourth-order valence-corrected chi connectivity index (χ4v) is 4.71. The third-order valence-corrected chi connectivity index (χ3v) is 7.80. The minimum Gasteiger partial charge on any atom is -0.493 e. The first-order valence-electron chi connectivity index (χ1n) is 15.3. The number of carbonyl (C=O) groups excluding carboxylic acids is 1. The van der Waals surface area contributed by atoms with Crippen molar-refractivity contribution >= 4 is 11.6 Å². The molecule has 2 aromatic carbocycles. The third-order valence-electron chi connectivity index (χ3n) is 7.80. The maximum absolute atomic E-state index is 13.5. The number of aliphatic hydroxyl groups is 1. The van der Waals surface area contributed by atoms with Crippen molar-refractivity contribution in [1.82, 2.24) is 5.32 Å². The van der Waals surface area contributed by atoms with Crippen molar-refractivity contribution in [3.8, 4) is 5.75 Å². The van der Waals surface area contributed by atoms with E-state index in [-0.39, 0.29) is 43.4 Å². The second kappa shape index (κ2) is 19.8. The molecule has 10 nitrogen and oxygen atoms in total. The summed E-state index contributed by atoms with van der Waals surface area (Å²) in [5, 5.41) is 21.6. The molecule has 0 spiro atoms. The number of carbonyl (C=O) groups is 1. The van der Waals surface area contributed by atoms with E-state index in [1.807, 2.05) is 69.3 Å². The fourth-order valence-electron chi connectivity index (χ4n) is 4.71. The number of anilines is 1. The lowest BCUT2D eigenvalue weighted by molar-refractivity contribution is -0.128. The van der Waals surface area contributed by atoms with E-state index in [1.54, 1.807) is 7.11 Å². The van der Waals surface area contributed by atoms with Gasteiger partial charge in [-0.05, 0) is 60.0 Å². The number of nitrogens with one attached hydrogen (secondary N) is 2. The van der Waals surface area contributed by atoms with Gasteiger partial charge >= 0.3 is 0 Å². The monoisotopic (exact) mass is 597 g/mol. The molecule has 5 atom stereocenters. The van der Waals surface area contributed by atoms with Crippen LogP contribution in [0.2, 0.25) is 0 Å². The Morgan fingerprint density at radius 2 is 1.86 bits per heavy atom. The van der Waals surface area contributed by atoms with E-state index in [1.165, 1.54) is 0 Å². The van der Waals surface area contributed by atoms with Crippen LogP contribution in [-0.2, 0) is 20.9 Å². The molecule has 0 heterocycles. The van der Waals surface area contributed by atoms with Crippen molar-refractivity contribution in [2.24, 2.45) is 22.9 Å². The molecule has 43 heavy (non-hydrogen) atoms. The maximum atomic E-state index is 13.5. The molecule has 0 aliphatic rings. The zero-order valence-corrected chi connectivity index (χ0v) is 26.7. The summed E-state index contributed by atoms with van der Waals surface area (Å²) in [7, 11) is 1.66. The number of nitrogens with zero attached hydrogens (tertiary/aromatic N) is 3. The van der Waals surface area contributed by atoms with Crippen LogP contribution in [0, 0.1) is 24.7 Å². The van der Waals surface area contributed by atoms with Crippen LogP contribution in [0.5, 0.6) is 5.75 Å². The van der Waals surface area contributed by atoms with Crippen molar-refractivity contribution < 1.29 is 24.1 Å². The summed E-state index contributed by atoms with van der Waals surface area (Å²) in [6, 6.07) is 14.8. The number of hydrogen-bond donors (Lipinski definition) is 3. The number of amides is 1. The minimum atomic E-state index is -1.05. The highest BCUT2D eigenvalue weighted by Crippen LogP contribution is 2.23. The van der Waals surface area contributed by atoms with Crippen molar-refractivity contribution in [3.05, 3.63) is 70.1 Å². The van der Waals surface area contributed by atoms with Crippen LogP contribution in [0.4, 0.5) is 5.69 Å². The van der Waals surface area contributed by atoms with E-state index < -0.39 is 18.1 Å². The average molecular weight is 598 g/mol. The van der Waals surface area contributed by atoms with Crippen molar-refractivity contribution in [3.63, 3.8) is 0 Å². The summed E-state index contributed by atoms with van der Waals surface area (Å²) in [4.78, 5) is 16.4. The molecule has 2 rings (SSSR count). The summed E-state index contributed by atoms with van der Waals surface area (Å²) < 4.78 is 16.8. The molecule has 0 radical (unpaired) electrons. The predicted octanol–water partition coefficient (Wildman–Crippen LogP) is 6.27. The molecule has 2 aromatic rings. The number of rotatable bonds is 21. The Morgan fingerprint density at radius 3 is 2.51 bits per heavy atom. The lowest BCUT2D eigenvalue weighted by atomic mass is 9.86. The van der Waals surface area contributed by atoms with Crippen LogP contribution in [0.25, 0.3) is 10.4 Å². The van der Waals surface area contributed by atoms with Gasteiger partial charge in [0.15, 0.2) is 0 Å². The Hall–Kier alpha value is -3.30. The van der Waals surface area contributed by atoms with Gasteiger partial charge in [0.1, 0.15) is 5.75 Å². The number of para-hydroxylation sites is 1. The summed E-state index contributed by atoms with van der Waals surface area (Å²) in [5.74, 6) is 0.415. The maximum Gasteiger partial charge on any atom is 0.223 e. The molecule has 0 aromatic heterocycles. The average Bonchev–Trinajstić information content (AvgIpc) is 3.00. The van der Waals surface area contributed by atoms with Crippen LogP contribution in [0.3, 0.4) is 0 Å². The molecule has 3 N–H and O–H groups in total. The largest absolute Gasteiger partial charge is 0.493 e. The highest BCUT2D eigenvalue weighted by atomic mass is 16.5. The Bertz CT molecular complexity index is 1130. The SMILES string of the molecule is CC[C@H](C)[C@@H](CNc1ccccc1)NC(=O)[C@@H](C[C@H](O)[C@H](COCc1ccc(C)c(OCCCOC)c1)N=[N+]=[N-])C(C)C. The van der Waals surface area contributed by atoms with Gasteiger partial charge in [-0.3, -0.25) is 4.79 Å². The van der Waals surface area contributed by atoms with E-state index >= 15 is 0 Å². The molecule has 0 aliphatic carbocycles. The number of methoxy groups -OCH3 is 1. The summed E-state index contributed by atoms with van der Waals surface area (Å²) in [6.07, 6.45) is 0.812. The first-order valence-corrected chi connectivity index (χ1v) is 15.3. The van der Waals surface area contributed by atoms with Gasteiger partial charge in [0.2, 0.25) is 5.91 Å². The van der Waals surface area contributed by atoms with Gasteiger partial charge in [-0.15, -0.1) is 0 Å². The minimum absolute atomic E-state index is 0.0199. The van der Waals surface area contributed by atoms with Gasteiger partial charge in [0.25, 0.3) is 0 Å². The first kappa shape index (κ1) is 35.9. The van der Waals surface area contributed by atoms with Crippen molar-refractivity contribution in [1.29, 1.82) is 0 Å². The Kier molecular flexibility index (Phi) is 16.5.